The lowest BCUT2D eigenvalue weighted by Crippen LogP contribution is -2.29. The van der Waals surface area contributed by atoms with Crippen molar-refractivity contribution in [3.05, 3.63) is 0 Å². The second kappa shape index (κ2) is 23.4. The van der Waals surface area contributed by atoms with Gasteiger partial charge in [0, 0.05) is 19.6 Å². The summed E-state index contributed by atoms with van der Waals surface area (Å²) in [6, 6.07) is 0. The zero-order valence-corrected chi connectivity index (χ0v) is 25.0. The van der Waals surface area contributed by atoms with Crippen LogP contribution in [0.25, 0.3) is 0 Å². The summed E-state index contributed by atoms with van der Waals surface area (Å²) >= 11 is 0. The summed E-state index contributed by atoms with van der Waals surface area (Å²) in [7, 11) is -3.72. The molecule has 1 aliphatic rings. The normalized spacial score (nSPS) is 16.6. The summed E-state index contributed by atoms with van der Waals surface area (Å²) in [5.41, 5.74) is 0. The Labute approximate surface area is 227 Å². The van der Waals surface area contributed by atoms with E-state index in [2.05, 4.69) is 11.8 Å². The number of ether oxygens (including phenoxy) is 2. The number of esters is 1. The monoisotopic (exact) mass is 547 g/mol. The van der Waals surface area contributed by atoms with Crippen molar-refractivity contribution in [3.8, 4) is 0 Å². The molecular formula is C29H58NO6P. The van der Waals surface area contributed by atoms with Gasteiger partial charge in [0.15, 0.2) is 0 Å². The minimum Gasteiger partial charge on any atom is -0.457 e. The van der Waals surface area contributed by atoms with Crippen LogP contribution in [-0.2, 0) is 23.4 Å². The van der Waals surface area contributed by atoms with E-state index in [1.54, 1.807) is 0 Å². The molecule has 0 spiro atoms. The average Bonchev–Trinajstić information content (AvgIpc) is 3.40. The van der Waals surface area contributed by atoms with Gasteiger partial charge in [-0.15, -0.1) is 0 Å². The second-order valence-electron chi connectivity index (χ2n) is 10.7. The van der Waals surface area contributed by atoms with Gasteiger partial charge in [0.1, 0.15) is 6.10 Å². The van der Waals surface area contributed by atoms with Crippen LogP contribution in [0.4, 0.5) is 0 Å². The first-order valence-electron chi connectivity index (χ1n) is 15.4. The van der Waals surface area contributed by atoms with Gasteiger partial charge in [-0.1, -0.05) is 97.3 Å². The van der Waals surface area contributed by atoms with Crippen LogP contribution in [0.2, 0.25) is 0 Å². The Morgan fingerprint density at radius 1 is 0.811 bits per heavy atom. The summed E-state index contributed by atoms with van der Waals surface area (Å²) in [6.45, 7) is 7.38. The Hall–Kier alpha value is -0.460. The third kappa shape index (κ3) is 21.1. The van der Waals surface area contributed by atoms with E-state index >= 15 is 0 Å². The molecular weight excluding hydrogens is 489 g/mol. The molecule has 220 valence electrons. The molecule has 0 saturated carbocycles. The number of rotatable bonds is 26. The maximum absolute atomic E-state index is 12.4. The lowest BCUT2D eigenvalue weighted by Gasteiger charge is -2.21. The minimum atomic E-state index is -3.72. The lowest BCUT2D eigenvalue weighted by atomic mass is 10.0. The molecule has 0 aromatic rings. The summed E-state index contributed by atoms with van der Waals surface area (Å²) < 4.78 is 29.0. The molecule has 0 aromatic carbocycles. The Balaban J connectivity index is 2.09. The quantitative estimate of drug-likeness (QED) is 0.0682. The third-order valence-electron chi connectivity index (χ3n) is 7.06. The molecule has 0 radical (unpaired) electrons. The van der Waals surface area contributed by atoms with E-state index in [0.717, 1.165) is 38.8 Å². The standard InChI is InChI=1S/C29H58NO6P/c1-3-5-6-7-8-9-10-11-12-13-14-15-16-19-24-34-26-28(36-29(31)20-4-2)27-35-37(32,33)25-23-30-21-17-18-22-30/h28H,3-27H2,1-2H3,(H,32,33). The van der Waals surface area contributed by atoms with Gasteiger partial charge in [-0.2, -0.15) is 0 Å². The van der Waals surface area contributed by atoms with Crippen LogP contribution in [0.3, 0.4) is 0 Å². The zero-order chi connectivity index (χ0) is 27.0. The number of carbonyl (C=O) groups excluding carboxylic acids is 1. The minimum absolute atomic E-state index is 0.0997. The number of likely N-dealkylation sites (tertiary alicyclic amines) is 1. The molecule has 8 heteroatoms. The van der Waals surface area contributed by atoms with Crippen molar-refractivity contribution in [2.45, 2.75) is 136 Å². The number of unbranched alkanes of at least 4 members (excludes halogenated alkanes) is 13. The summed E-state index contributed by atoms with van der Waals surface area (Å²) in [4.78, 5) is 24.4. The molecule has 37 heavy (non-hydrogen) atoms. The van der Waals surface area contributed by atoms with E-state index in [4.69, 9.17) is 14.0 Å². The van der Waals surface area contributed by atoms with E-state index in [9.17, 15) is 14.3 Å². The van der Waals surface area contributed by atoms with Crippen molar-refractivity contribution in [1.82, 2.24) is 4.90 Å². The highest BCUT2D eigenvalue weighted by Crippen LogP contribution is 2.42. The van der Waals surface area contributed by atoms with Crippen LogP contribution < -0.4 is 0 Å². The Kier molecular flexibility index (Phi) is 21.9. The Bertz CT molecular complexity index is 585. The zero-order valence-electron chi connectivity index (χ0n) is 24.1. The highest BCUT2D eigenvalue weighted by molar-refractivity contribution is 7.52. The van der Waals surface area contributed by atoms with Crippen molar-refractivity contribution in [2.24, 2.45) is 0 Å². The van der Waals surface area contributed by atoms with Crippen molar-refractivity contribution in [2.75, 3.05) is 45.6 Å². The predicted molar refractivity (Wildman–Crippen MR) is 152 cm³/mol. The fourth-order valence-corrected chi connectivity index (χ4v) is 5.78. The van der Waals surface area contributed by atoms with Crippen LogP contribution in [-0.4, -0.2) is 67.5 Å². The fraction of sp³-hybridized carbons (Fsp3) is 0.966. The number of hydrogen-bond donors (Lipinski definition) is 1. The van der Waals surface area contributed by atoms with Gasteiger partial charge in [0.05, 0.1) is 19.4 Å². The van der Waals surface area contributed by atoms with Crippen LogP contribution in [0.15, 0.2) is 0 Å². The molecule has 0 aliphatic carbocycles. The Morgan fingerprint density at radius 2 is 1.35 bits per heavy atom. The SMILES string of the molecule is CCCCCCCCCCCCCCCCOCC(COP(=O)(O)CCN1CCCC1)OC(=O)CCC. The highest BCUT2D eigenvalue weighted by Gasteiger charge is 2.25. The smallest absolute Gasteiger partial charge is 0.329 e. The number of hydrogen-bond acceptors (Lipinski definition) is 6. The van der Waals surface area contributed by atoms with Gasteiger partial charge >= 0.3 is 13.6 Å². The fourth-order valence-electron chi connectivity index (χ4n) is 4.72. The first-order valence-corrected chi connectivity index (χ1v) is 17.2. The largest absolute Gasteiger partial charge is 0.457 e. The molecule has 2 unspecified atom stereocenters. The molecule has 0 aromatic heterocycles. The van der Waals surface area contributed by atoms with Gasteiger partial charge in [0.2, 0.25) is 0 Å². The van der Waals surface area contributed by atoms with Gasteiger partial charge in [0.25, 0.3) is 0 Å². The third-order valence-corrected chi connectivity index (χ3v) is 8.38. The van der Waals surface area contributed by atoms with E-state index < -0.39 is 13.7 Å². The van der Waals surface area contributed by atoms with Crippen molar-refractivity contribution >= 4 is 13.6 Å². The molecule has 1 heterocycles. The number of carbonyl (C=O) groups is 1. The Morgan fingerprint density at radius 3 is 1.89 bits per heavy atom. The molecule has 1 aliphatic heterocycles. The van der Waals surface area contributed by atoms with Gasteiger partial charge in [-0.05, 0) is 38.8 Å². The van der Waals surface area contributed by atoms with Crippen LogP contribution in [0, 0.1) is 0 Å². The summed E-state index contributed by atoms with van der Waals surface area (Å²) in [5.74, 6) is -0.318. The van der Waals surface area contributed by atoms with E-state index in [0.29, 0.717) is 26.0 Å². The van der Waals surface area contributed by atoms with E-state index in [1.165, 1.54) is 77.0 Å². The van der Waals surface area contributed by atoms with Crippen LogP contribution >= 0.6 is 7.60 Å². The van der Waals surface area contributed by atoms with Gasteiger partial charge in [-0.3, -0.25) is 9.36 Å². The topological polar surface area (TPSA) is 85.3 Å². The van der Waals surface area contributed by atoms with Crippen LogP contribution in [0.5, 0.6) is 0 Å². The lowest BCUT2D eigenvalue weighted by molar-refractivity contribution is -0.154. The van der Waals surface area contributed by atoms with E-state index in [1.807, 2.05) is 6.92 Å². The predicted octanol–water partition coefficient (Wildman–Crippen LogP) is 7.49. The van der Waals surface area contributed by atoms with Gasteiger partial charge in [-0.25, -0.2) is 0 Å². The van der Waals surface area contributed by atoms with Crippen molar-refractivity contribution in [3.63, 3.8) is 0 Å². The van der Waals surface area contributed by atoms with Gasteiger partial charge < -0.3 is 23.8 Å². The first kappa shape index (κ1) is 34.6. The molecule has 7 nitrogen and oxygen atoms in total. The molecule has 1 saturated heterocycles. The maximum Gasteiger partial charge on any atom is 0.329 e. The molecule has 0 bridgehead atoms. The van der Waals surface area contributed by atoms with Crippen molar-refractivity contribution < 1.29 is 28.3 Å². The molecule has 2 atom stereocenters. The summed E-state index contributed by atoms with van der Waals surface area (Å²) in [5, 5.41) is 0. The average molecular weight is 548 g/mol. The second-order valence-corrected chi connectivity index (χ2v) is 12.7. The maximum atomic E-state index is 12.4. The van der Waals surface area contributed by atoms with Crippen molar-refractivity contribution in [1.29, 1.82) is 0 Å². The highest BCUT2D eigenvalue weighted by atomic mass is 31.2. The van der Waals surface area contributed by atoms with E-state index in [-0.39, 0.29) is 25.3 Å². The molecule has 1 rings (SSSR count). The molecule has 0 amide bonds. The number of nitrogens with zero attached hydrogens (tertiary/aromatic N) is 1. The molecule has 1 N–H and O–H groups in total. The molecule has 1 fully saturated rings. The first-order chi connectivity index (χ1) is 18.0. The van der Waals surface area contributed by atoms with Crippen LogP contribution in [0.1, 0.15) is 129 Å². The summed E-state index contributed by atoms with van der Waals surface area (Å²) in [6.07, 6.45) is 21.1.